The fourth-order valence-corrected chi connectivity index (χ4v) is 4.85. The summed E-state index contributed by atoms with van der Waals surface area (Å²) in [6, 6.07) is 7.55. The SMILES string of the molecule is CCOc1cc([C@H]2NC(=O)NC(C)=C2C(=O)OC)ccc1OC[C@@H](O)N/N=C/c1cc(I)c(OC(C)C)c(OCC)c1. The van der Waals surface area contributed by atoms with Gasteiger partial charge in [-0.25, -0.2) is 9.59 Å². The van der Waals surface area contributed by atoms with E-state index in [1.807, 2.05) is 39.8 Å². The van der Waals surface area contributed by atoms with Gasteiger partial charge in [0.1, 0.15) is 6.61 Å². The number of ether oxygens (including phenoxy) is 5. The van der Waals surface area contributed by atoms with Crippen LogP contribution in [-0.2, 0) is 9.53 Å². The van der Waals surface area contributed by atoms with Crippen molar-refractivity contribution < 1.29 is 38.4 Å². The predicted molar refractivity (Wildman–Crippen MR) is 165 cm³/mol. The minimum Gasteiger partial charge on any atom is -0.490 e. The Morgan fingerprint density at radius 2 is 1.83 bits per heavy atom. The first-order chi connectivity index (χ1) is 20.1. The Balaban J connectivity index is 1.70. The largest absolute Gasteiger partial charge is 0.490 e. The van der Waals surface area contributed by atoms with Crippen molar-refractivity contribution in [1.82, 2.24) is 16.1 Å². The zero-order valence-corrected chi connectivity index (χ0v) is 26.6. The van der Waals surface area contributed by atoms with Crippen molar-refractivity contribution in [2.75, 3.05) is 26.9 Å². The number of benzene rings is 2. The second-order valence-electron chi connectivity index (χ2n) is 9.34. The van der Waals surface area contributed by atoms with E-state index in [4.69, 9.17) is 23.7 Å². The molecular formula is C29H37IN4O8. The summed E-state index contributed by atoms with van der Waals surface area (Å²) >= 11 is 2.19. The van der Waals surface area contributed by atoms with Crippen molar-refractivity contribution in [1.29, 1.82) is 0 Å². The van der Waals surface area contributed by atoms with Crippen LogP contribution in [0.25, 0.3) is 0 Å². The van der Waals surface area contributed by atoms with E-state index in [1.165, 1.54) is 7.11 Å². The molecule has 0 bridgehead atoms. The van der Waals surface area contributed by atoms with Crippen LogP contribution in [0.5, 0.6) is 23.0 Å². The highest BCUT2D eigenvalue weighted by Gasteiger charge is 2.32. The Morgan fingerprint density at radius 1 is 1.12 bits per heavy atom. The van der Waals surface area contributed by atoms with Gasteiger partial charge in [0.25, 0.3) is 0 Å². The summed E-state index contributed by atoms with van der Waals surface area (Å²) in [6.45, 7) is 9.93. The molecule has 0 radical (unpaired) electrons. The topological polar surface area (TPSA) is 149 Å². The Hall–Kier alpha value is -3.72. The van der Waals surface area contributed by atoms with E-state index in [0.29, 0.717) is 47.5 Å². The highest BCUT2D eigenvalue weighted by Crippen LogP contribution is 2.36. The highest BCUT2D eigenvalue weighted by atomic mass is 127. The molecule has 1 aliphatic heterocycles. The zero-order chi connectivity index (χ0) is 30.8. The first-order valence-electron chi connectivity index (χ1n) is 13.4. The second-order valence-corrected chi connectivity index (χ2v) is 10.5. The maximum absolute atomic E-state index is 12.4. The maximum atomic E-state index is 12.4. The first kappa shape index (κ1) is 32.8. The first-order valence-corrected chi connectivity index (χ1v) is 14.5. The number of carbonyl (C=O) groups excluding carboxylic acids is 2. The molecule has 1 heterocycles. The lowest BCUT2D eigenvalue weighted by Gasteiger charge is -2.28. The number of aliphatic hydroxyl groups is 1. The molecule has 12 nitrogen and oxygen atoms in total. The number of urea groups is 1. The number of aliphatic hydroxyl groups excluding tert-OH is 1. The molecule has 1 aliphatic rings. The third-order valence-corrected chi connectivity index (χ3v) is 6.60. The lowest BCUT2D eigenvalue weighted by molar-refractivity contribution is -0.136. The van der Waals surface area contributed by atoms with E-state index < -0.39 is 24.3 Å². The molecular weight excluding hydrogens is 659 g/mol. The average molecular weight is 697 g/mol. The van der Waals surface area contributed by atoms with Crippen molar-refractivity contribution in [3.05, 3.63) is 56.3 Å². The number of carbonyl (C=O) groups is 2. The van der Waals surface area contributed by atoms with Crippen LogP contribution in [0, 0.1) is 3.57 Å². The van der Waals surface area contributed by atoms with Gasteiger partial charge in [-0.1, -0.05) is 6.07 Å². The lowest BCUT2D eigenvalue weighted by atomic mass is 9.95. The van der Waals surface area contributed by atoms with Crippen molar-refractivity contribution in [2.45, 2.75) is 53.0 Å². The molecule has 0 saturated heterocycles. The molecule has 2 aromatic rings. The normalized spacial score (nSPS) is 15.6. The number of halogens is 1. The Bertz CT molecular complexity index is 1330. The van der Waals surface area contributed by atoms with Crippen molar-refractivity contribution in [2.24, 2.45) is 5.10 Å². The molecule has 13 heteroatoms. The maximum Gasteiger partial charge on any atom is 0.337 e. The van der Waals surface area contributed by atoms with Crippen LogP contribution in [-0.4, -0.2) is 62.6 Å². The van der Waals surface area contributed by atoms with Gasteiger partial charge < -0.3 is 39.4 Å². The van der Waals surface area contributed by atoms with Crippen LogP contribution in [0.2, 0.25) is 0 Å². The molecule has 228 valence electrons. The fourth-order valence-electron chi connectivity index (χ4n) is 4.10. The van der Waals surface area contributed by atoms with Gasteiger partial charge in [-0.2, -0.15) is 5.10 Å². The van der Waals surface area contributed by atoms with Crippen molar-refractivity contribution >= 4 is 40.8 Å². The van der Waals surface area contributed by atoms with E-state index in [2.05, 4.69) is 43.8 Å². The molecule has 3 rings (SSSR count). The minimum absolute atomic E-state index is 0.00251. The number of rotatable bonds is 14. The van der Waals surface area contributed by atoms with Crippen molar-refractivity contribution in [3.63, 3.8) is 0 Å². The van der Waals surface area contributed by atoms with Crippen LogP contribution >= 0.6 is 22.6 Å². The smallest absolute Gasteiger partial charge is 0.337 e. The number of methoxy groups -OCH3 is 1. The van der Waals surface area contributed by atoms with E-state index in [1.54, 1.807) is 31.3 Å². The molecule has 2 aromatic carbocycles. The standard InChI is InChI=1S/C29H37IN4O8/c1-7-39-22-13-19(26-25(28(36)38-6)17(5)32-29(37)33-26)9-10-21(22)41-15-24(35)34-31-14-18-11-20(30)27(42-16(3)4)23(12-18)40-8-2/h9-14,16,24,26,34-35H,7-8,15H2,1-6H3,(H2,32,33,37)/b31-14+/t24-,26-/m1/s1. The number of allylic oxidation sites excluding steroid dienone is 1. The van der Waals surface area contributed by atoms with Crippen LogP contribution in [0.3, 0.4) is 0 Å². The quantitative estimate of drug-likeness (QED) is 0.0757. The molecule has 2 atom stereocenters. The molecule has 4 N–H and O–H groups in total. The van der Waals surface area contributed by atoms with E-state index in [0.717, 1.165) is 9.13 Å². The minimum atomic E-state index is -1.13. The number of nitrogens with zero attached hydrogens (tertiary/aromatic N) is 1. The lowest BCUT2D eigenvalue weighted by Crippen LogP contribution is -2.45. The molecule has 0 spiro atoms. The summed E-state index contributed by atoms with van der Waals surface area (Å²) in [6.07, 6.45) is 0.428. The number of hydrogen-bond donors (Lipinski definition) is 4. The van der Waals surface area contributed by atoms with Gasteiger partial charge in [0.05, 0.1) is 47.8 Å². The van der Waals surface area contributed by atoms with Gasteiger partial charge in [-0.3, -0.25) is 5.43 Å². The Morgan fingerprint density at radius 3 is 2.50 bits per heavy atom. The highest BCUT2D eigenvalue weighted by molar-refractivity contribution is 14.1. The van der Waals surface area contributed by atoms with Gasteiger partial charge in [0.2, 0.25) is 0 Å². The molecule has 0 saturated carbocycles. The van der Waals surface area contributed by atoms with Crippen LogP contribution in [0.1, 0.15) is 51.8 Å². The summed E-state index contributed by atoms with van der Waals surface area (Å²) < 4.78 is 29.0. The van der Waals surface area contributed by atoms with Crippen LogP contribution < -0.4 is 35.0 Å². The van der Waals surface area contributed by atoms with E-state index in [9.17, 15) is 14.7 Å². The van der Waals surface area contributed by atoms with Gasteiger partial charge in [-0.15, -0.1) is 0 Å². The zero-order valence-electron chi connectivity index (χ0n) is 24.4. The molecule has 42 heavy (non-hydrogen) atoms. The number of amides is 2. The third kappa shape index (κ3) is 8.64. The molecule has 0 unspecified atom stereocenters. The van der Waals surface area contributed by atoms with Gasteiger partial charge in [-0.05, 0) is 92.6 Å². The third-order valence-electron chi connectivity index (χ3n) is 5.79. The van der Waals surface area contributed by atoms with E-state index in [-0.39, 0.29) is 18.3 Å². The number of hydrogen-bond acceptors (Lipinski definition) is 10. The average Bonchev–Trinajstić information content (AvgIpc) is 2.93. The second kappa shape index (κ2) is 15.5. The Labute approximate surface area is 258 Å². The van der Waals surface area contributed by atoms with Crippen LogP contribution in [0.15, 0.2) is 46.7 Å². The summed E-state index contributed by atoms with van der Waals surface area (Å²) in [5.41, 5.74) is 4.66. The predicted octanol–water partition coefficient (Wildman–Crippen LogP) is 4.00. The summed E-state index contributed by atoms with van der Waals surface area (Å²) in [5.74, 6) is 1.47. The van der Waals surface area contributed by atoms with Crippen LogP contribution in [0.4, 0.5) is 4.79 Å². The molecule has 0 fully saturated rings. The van der Waals surface area contributed by atoms with Gasteiger partial charge in [0.15, 0.2) is 29.2 Å². The monoisotopic (exact) mass is 696 g/mol. The molecule has 0 aromatic heterocycles. The summed E-state index contributed by atoms with van der Waals surface area (Å²) in [5, 5.41) is 19.9. The van der Waals surface area contributed by atoms with Gasteiger partial charge in [0, 0.05) is 5.70 Å². The Kier molecular flexibility index (Phi) is 12.1. The van der Waals surface area contributed by atoms with E-state index >= 15 is 0 Å². The number of esters is 1. The van der Waals surface area contributed by atoms with Gasteiger partial charge >= 0.3 is 12.0 Å². The summed E-state index contributed by atoms with van der Waals surface area (Å²) in [4.78, 5) is 24.6. The molecule has 0 aliphatic carbocycles. The number of hydrazone groups is 1. The molecule has 2 amide bonds. The fraction of sp³-hybridized carbons (Fsp3) is 0.414. The number of nitrogens with one attached hydrogen (secondary N) is 3. The summed E-state index contributed by atoms with van der Waals surface area (Å²) in [7, 11) is 1.28. The van der Waals surface area contributed by atoms with Crippen molar-refractivity contribution in [3.8, 4) is 23.0 Å².